The van der Waals surface area contributed by atoms with Gasteiger partial charge in [0.2, 0.25) is 10.0 Å². The third kappa shape index (κ3) is 4.40. The van der Waals surface area contributed by atoms with Crippen LogP contribution in [0.3, 0.4) is 0 Å². The van der Waals surface area contributed by atoms with Crippen LogP contribution in [0.15, 0.2) is 34.7 Å². The summed E-state index contributed by atoms with van der Waals surface area (Å²) in [5.41, 5.74) is 8.05. The van der Waals surface area contributed by atoms with Crippen molar-refractivity contribution in [3.8, 4) is 0 Å². The largest absolute Gasteiger partial charge is 0.397 e. The zero-order valence-corrected chi connectivity index (χ0v) is 18.8. The van der Waals surface area contributed by atoms with Gasteiger partial charge in [-0.25, -0.2) is 8.42 Å². The molecule has 1 aromatic carbocycles. The quantitative estimate of drug-likeness (QED) is 0.647. The molecule has 1 saturated heterocycles. The smallest absolute Gasteiger partial charge is 0.263 e. The fourth-order valence-electron chi connectivity index (χ4n) is 4.23. The van der Waals surface area contributed by atoms with Crippen molar-refractivity contribution in [2.75, 3.05) is 25.4 Å². The molecule has 2 heterocycles. The van der Waals surface area contributed by atoms with Crippen molar-refractivity contribution < 1.29 is 13.2 Å². The molecule has 1 amide bonds. The number of nitrogens with zero attached hydrogens (tertiary/aromatic N) is 1. The third-order valence-corrected chi connectivity index (χ3v) is 9.05. The van der Waals surface area contributed by atoms with Gasteiger partial charge in [0.05, 0.1) is 10.6 Å². The lowest BCUT2D eigenvalue weighted by Crippen LogP contribution is -2.35. The van der Waals surface area contributed by atoms with E-state index in [1.165, 1.54) is 29.8 Å². The van der Waals surface area contributed by atoms with Gasteiger partial charge < -0.3 is 11.1 Å². The van der Waals surface area contributed by atoms with Gasteiger partial charge in [0.25, 0.3) is 5.91 Å². The van der Waals surface area contributed by atoms with Crippen molar-refractivity contribution in [3.63, 3.8) is 0 Å². The van der Waals surface area contributed by atoms with Crippen molar-refractivity contribution in [2.45, 2.75) is 56.3 Å². The van der Waals surface area contributed by atoms with Gasteiger partial charge >= 0.3 is 0 Å². The second-order valence-electron chi connectivity index (χ2n) is 8.08. The second-order valence-corrected chi connectivity index (χ2v) is 11.1. The van der Waals surface area contributed by atoms with E-state index in [0.29, 0.717) is 35.6 Å². The standard InChI is InChI=1S/C22H29N3O3S2/c23-20-18-15-17(30(27,28)25-13-5-2-6-14-25)9-10-19(18)29-21(20)22(26)24-12-11-16-7-3-1-4-8-16/h7,9-10,15H,1-6,8,11-14,23H2,(H,24,26). The lowest BCUT2D eigenvalue weighted by molar-refractivity contribution is 0.0959. The van der Waals surface area contributed by atoms with Crippen LogP contribution < -0.4 is 11.1 Å². The molecule has 3 N–H and O–H groups in total. The molecule has 0 unspecified atom stereocenters. The molecule has 1 aromatic heterocycles. The molecule has 2 aromatic rings. The number of nitrogen functional groups attached to an aromatic ring is 1. The zero-order valence-electron chi connectivity index (χ0n) is 17.2. The van der Waals surface area contributed by atoms with Crippen molar-refractivity contribution in [3.05, 3.63) is 34.7 Å². The molecule has 0 radical (unpaired) electrons. The number of sulfonamides is 1. The number of benzene rings is 1. The monoisotopic (exact) mass is 447 g/mol. The van der Waals surface area contributed by atoms with Gasteiger partial charge in [-0.1, -0.05) is 18.1 Å². The van der Waals surface area contributed by atoms with Crippen LogP contribution in [0.1, 0.15) is 61.0 Å². The number of hydrogen-bond acceptors (Lipinski definition) is 5. The van der Waals surface area contributed by atoms with E-state index in [-0.39, 0.29) is 10.8 Å². The summed E-state index contributed by atoms with van der Waals surface area (Å²) in [6, 6.07) is 5.00. The number of carbonyl (C=O) groups is 1. The van der Waals surface area contributed by atoms with E-state index in [0.717, 1.165) is 43.2 Å². The number of anilines is 1. The molecule has 162 valence electrons. The highest BCUT2D eigenvalue weighted by molar-refractivity contribution is 7.89. The molecule has 30 heavy (non-hydrogen) atoms. The highest BCUT2D eigenvalue weighted by Crippen LogP contribution is 2.36. The van der Waals surface area contributed by atoms with E-state index < -0.39 is 10.0 Å². The SMILES string of the molecule is Nc1c(C(=O)NCCC2=CCCCC2)sc2ccc(S(=O)(=O)N3CCCCC3)cc12. The van der Waals surface area contributed by atoms with Crippen LogP contribution in [0.25, 0.3) is 10.1 Å². The van der Waals surface area contributed by atoms with E-state index >= 15 is 0 Å². The number of nitrogens with one attached hydrogen (secondary N) is 1. The number of hydrogen-bond donors (Lipinski definition) is 2. The average molecular weight is 448 g/mol. The van der Waals surface area contributed by atoms with Gasteiger partial charge in [-0.05, 0) is 63.1 Å². The number of thiophene rings is 1. The summed E-state index contributed by atoms with van der Waals surface area (Å²) in [6.07, 6.45) is 10.7. The summed E-state index contributed by atoms with van der Waals surface area (Å²) in [5.74, 6) is -0.189. The summed E-state index contributed by atoms with van der Waals surface area (Å²) in [7, 11) is -3.53. The number of piperidine rings is 1. The molecule has 1 aliphatic carbocycles. The van der Waals surface area contributed by atoms with Crippen molar-refractivity contribution in [2.24, 2.45) is 0 Å². The maximum atomic E-state index is 13.0. The summed E-state index contributed by atoms with van der Waals surface area (Å²) >= 11 is 1.31. The summed E-state index contributed by atoms with van der Waals surface area (Å²) in [4.78, 5) is 13.4. The number of carbonyl (C=O) groups excluding carboxylic acids is 1. The number of rotatable bonds is 6. The summed E-state index contributed by atoms with van der Waals surface area (Å²) in [5, 5.41) is 3.61. The Balaban J connectivity index is 1.50. The van der Waals surface area contributed by atoms with Gasteiger partial charge in [-0.15, -0.1) is 11.3 Å². The molecular formula is C22H29N3O3S2. The predicted octanol–water partition coefficient (Wildman–Crippen LogP) is 4.28. The van der Waals surface area contributed by atoms with Crippen LogP contribution in [-0.2, 0) is 10.0 Å². The highest BCUT2D eigenvalue weighted by atomic mass is 32.2. The zero-order chi connectivity index (χ0) is 21.1. The average Bonchev–Trinajstić information content (AvgIpc) is 3.11. The highest BCUT2D eigenvalue weighted by Gasteiger charge is 2.27. The van der Waals surface area contributed by atoms with Gasteiger partial charge in [-0.2, -0.15) is 4.31 Å². The molecule has 0 spiro atoms. The molecule has 0 bridgehead atoms. The van der Waals surface area contributed by atoms with Crippen molar-refractivity contribution in [1.29, 1.82) is 0 Å². The Morgan fingerprint density at radius 1 is 1.13 bits per heavy atom. The Morgan fingerprint density at radius 2 is 1.93 bits per heavy atom. The van der Waals surface area contributed by atoms with E-state index in [4.69, 9.17) is 5.73 Å². The molecule has 0 saturated carbocycles. The first-order valence-corrected chi connectivity index (χ1v) is 13.0. The fourth-order valence-corrected chi connectivity index (χ4v) is 6.79. The Morgan fingerprint density at radius 3 is 2.67 bits per heavy atom. The van der Waals surface area contributed by atoms with E-state index in [1.54, 1.807) is 22.5 Å². The Hall–Kier alpha value is -1.90. The molecule has 1 fully saturated rings. The second kappa shape index (κ2) is 9.08. The fraction of sp³-hybridized carbons (Fsp3) is 0.500. The van der Waals surface area contributed by atoms with Gasteiger partial charge in [0, 0.05) is 29.7 Å². The van der Waals surface area contributed by atoms with Gasteiger partial charge in [0.15, 0.2) is 0 Å². The summed E-state index contributed by atoms with van der Waals surface area (Å²) in [6.45, 7) is 1.71. The van der Waals surface area contributed by atoms with Crippen LogP contribution in [0, 0.1) is 0 Å². The molecule has 6 nitrogen and oxygen atoms in total. The van der Waals surface area contributed by atoms with Crippen LogP contribution in [0.5, 0.6) is 0 Å². The Labute approximate surface area is 182 Å². The van der Waals surface area contributed by atoms with Crippen LogP contribution >= 0.6 is 11.3 Å². The van der Waals surface area contributed by atoms with Crippen molar-refractivity contribution in [1.82, 2.24) is 9.62 Å². The minimum atomic E-state index is -3.53. The van der Waals surface area contributed by atoms with Crippen LogP contribution in [-0.4, -0.2) is 38.3 Å². The first-order valence-electron chi connectivity index (χ1n) is 10.7. The van der Waals surface area contributed by atoms with Gasteiger partial charge in [0.1, 0.15) is 4.88 Å². The normalized spacial score (nSPS) is 18.3. The Bertz CT molecular complexity index is 1070. The molecular weight excluding hydrogens is 418 g/mol. The minimum Gasteiger partial charge on any atom is -0.397 e. The molecule has 0 atom stereocenters. The maximum absolute atomic E-state index is 13.0. The number of fused-ring (bicyclic) bond motifs is 1. The van der Waals surface area contributed by atoms with E-state index in [9.17, 15) is 13.2 Å². The lowest BCUT2D eigenvalue weighted by Gasteiger charge is -2.25. The lowest BCUT2D eigenvalue weighted by atomic mass is 9.97. The van der Waals surface area contributed by atoms with Crippen LogP contribution in [0.2, 0.25) is 0 Å². The first-order chi connectivity index (χ1) is 14.5. The predicted molar refractivity (Wildman–Crippen MR) is 122 cm³/mol. The molecule has 4 rings (SSSR count). The third-order valence-electron chi connectivity index (χ3n) is 5.97. The molecule has 2 aliphatic rings. The van der Waals surface area contributed by atoms with E-state index in [1.807, 2.05) is 0 Å². The van der Waals surface area contributed by atoms with Gasteiger partial charge in [-0.3, -0.25) is 4.79 Å². The Kier molecular flexibility index (Phi) is 6.46. The topological polar surface area (TPSA) is 92.5 Å². The summed E-state index contributed by atoms with van der Waals surface area (Å²) < 4.78 is 28.3. The molecule has 8 heteroatoms. The minimum absolute atomic E-state index is 0.189. The van der Waals surface area contributed by atoms with Crippen LogP contribution in [0.4, 0.5) is 5.69 Å². The molecule has 1 aliphatic heterocycles. The first kappa shape index (κ1) is 21.3. The number of allylic oxidation sites excluding steroid dienone is 1. The maximum Gasteiger partial charge on any atom is 0.263 e. The van der Waals surface area contributed by atoms with Crippen molar-refractivity contribution >= 4 is 43.0 Å². The number of nitrogens with two attached hydrogens (primary N) is 1. The number of amides is 1. The van der Waals surface area contributed by atoms with E-state index in [2.05, 4.69) is 11.4 Å².